The van der Waals surface area contributed by atoms with Crippen molar-refractivity contribution in [2.45, 2.75) is 51.2 Å². The molecule has 17 heteroatoms. The summed E-state index contributed by atoms with van der Waals surface area (Å²) in [6, 6.07) is 9.12. The van der Waals surface area contributed by atoms with Gasteiger partial charge in [0.15, 0.2) is 16.8 Å². The van der Waals surface area contributed by atoms with Gasteiger partial charge < -0.3 is 36.5 Å². The number of carbonyl (C=O) groups excluding carboxylic acids is 1. The number of ether oxygens (including phenoxy) is 1. The van der Waals surface area contributed by atoms with Crippen molar-refractivity contribution in [1.82, 2.24) is 15.1 Å². The van der Waals surface area contributed by atoms with Crippen LogP contribution in [0.4, 0.5) is 0 Å². The second-order valence-electron chi connectivity index (χ2n) is 10.4. The lowest BCUT2D eigenvalue weighted by Gasteiger charge is -2.26. The molecule has 1 aliphatic rings. The number of guanidine groups is 1. The van der Waals surface area contributed by atoms with Crippen molar-refractivity contribution in [2.75, 3.05) is 25.6 Å². The molecule has 1 fully saturated rings. The van der Waals surface area contributed by atoms with E-state index < -0.39 is 49.6 Å². The van der Waals surface area contributed by atoms with Crippen molar-refractivity contribution < 1.29 is 38.5 Å². The maximum atomic E-state index is 13.7. The molecule has 0 bridgehead atoms. The lowest BCUT2D eigenvalue weighted by Crippen LogP contribution is -2.43. The number of aliphatic imine (C=N–C) groups is 1. The number of hydrogen-bond acceptors (Lipinski definition) is 11. The molecule has 0 aliphatic carbocycles. The molecule has 3 rings (SSSR count). The standard InChI is InChI=1S/C25H38N7O8PS/c1-24(2,14-33)22(35)42-10-9-38-41(37,30-11-15-7-5-4-6-8-15)39-13-17-18(34)25(3,36)19(40-17)16-12-29-21(31-16)20(26)32-23(27)28/h4-8,12,17-19,33-34,36H,9-11,13-14H2,1-3H3,(H,29,31)(H,30,37)(H5,26,27,28,32)/t17-,18-,19+,25-,41?/m1/s1. The van der Waals surface area contributed by atoms with Crippen molar-refractivity contribution in [3.05, 3.63) is 53.6 Å². The van der Waals surface area contributed by atoms with Gasteiger partial charge in [-0.1, -0.05) is 42.1 Å². The average molecular weight is 628 g/mol. The van der Waals surface area contributed by atoms with Gasteiger partial charge in [0, 0.05) is 12.3 Å². The van der Waals surface area contributed by atoms with Crippen molar-refractivity contribution in [3.8, 4) is 0 Å². The van der Waals surface area contributed by atoms with Crippen molar-refractivity contribution >= 4 is 36.4 Å². The minimum atomic E-state index is -4.01. The zero-order chi connectivity index (χ0) is 31.1. The number of benzene rings is 1. The molecule has 0 radical (unpaired) electrons. The Hall–Kier alpha value is -2.66. The molecule has 1 aliphatic heterocycles. The van der Waals surface area contributed by atoms with Gasteiger partial charge in [-0.2, -0.15) is 4.99 Å². The number of carbonyl (C=O) groups is 1. The number of aliphatic hydroxyl groups excluding tert-OH is 2. The van der Waals surface area contributed by atoms with Gasteiger partial charge in [0.05, 0.1) is 37.1 Å². The van der Waals surface area contributed by atoms with Gasteiger partial charge in [0.25, 0.3) is 0 Å². The van der Waals surface area contributed by atoms with E-state index in [1.54, 1.807) is 13.8 Å². The monoisotopic (exact) mass is 627 g/mol. The highest BCUT2D eigenvalue weighted by Crippen LogP contribution is 2.47. The van der Waals surface area contributed by atoms with Crippen molar-refractivity contribution in [1.29, 1.82) is 5.41 Å². The van der Waals surface area contributed by atoms with Gasteiger partial charge in [-0.15, -0.1) is 0 Å². The molecule has 0 amide bonds. The van der Waals surface area contributed by atoms with Crippen LogP contribution in [0, 0.1) is 10.8 Å². The van der Waals surface area contributed by atoms with Crippen LogP contribution in [-0.4, -0.2) is 85.6 Å². The minimum absolute atomic E-state index is 0.0792. The van der Waals surface area contributed by atoms with Gasteiger partial charge in [0.2, 0.25) is 5.96 Å². The minimum Gasteiger partial charge on any atom is -0.395 e. The quantitative estimate of drug-likeness (QED) is 0.0624. The fraction of sp³-hybridized carbons (Fsp3) is 0.520. The van der Waals surface area contributed by atoms with Crippen LogP contribution < -0.4 is 16.6 Å². The van der Waals surface area contributed by atoms with Crippen LogP contribution in [-0.2, 0) is 29.7 Å². The summed E-state index contributed by atoms with van der Waals surface area (Å²) in [5.74, 6) is -0.446. The highest BCUT2D eigenvalue weighted by molar-refractivity contribution is 8.13. The molecule has 2 aromatic rings. The number of amidine groups is 1. The van der Waals surface area contributed by atoms with Crippen LogP contribution in [0.3, 0.4) is 0 Å². The number of nitrogens with zero attached hydrogens (tertiary/aromatic N) is 2. The molecule has 1 unspecified atom stereocenters. The lowest BCUT2D eigenvalue weighted by atomic mass is 9.91. The van der Waals surface area contributed by atoms with E-state index in [1.165, 1.54) is 13.1 Å². The van der Waals surface area contributed by atoms with Crippen LogP contribution in [0.15, 0.2) is 41.5 Å². The van der Waals surface area contributed by atoms with E-state index in [-0.39, 0.29) is 48.0 Å². The lowest BCUT2D eigenvalue weighted by molar-refractivity contribution is -0.119. The van der Waals surface area contributed by atoms with Gasteiger partial charge in [0.1, 0.15) is 23.9 Å². The van der Waals surface area contributed by atoms with E-state index in [0.717, 1.165) is 17.3 Å². The third-order valence-electron chi connectivity index (χ3n) is 6.41. The second-order valence-corrected chi connectivity index (χ2v) is 13.3. The first-order valence-electron chi connectivity index (χ1n) is 12.9. The van der Waals surface area contributed by atoms with E-state index >= 15 is 0 Å². The number of nitrogens with one attached hydrogen (secondary N) is 3. The summed E-state index contributed by atoms with van der Waals surface area (Å²) in [5, 5.41) is 41.1. The van der Waals surface area contributed by atoms with Crippen LogP contribution in [0.25, 0.3) is 0 Å². The summed E-state index contributed by atoms with van der Waals surface area (Å²) in [6.07, 6.45) is -2.37. The maximum absolute atomic E-state index is 13.7. The number of H-pyrrole nitrogens is 1. The Balaban J connectivity index is 1.68. The third kappa shape index (κ3) is 8.69. The van der Waals surface area contributed by atoms with Crippen LogP contribution in [0.1, 0.15) is 44.0 Å². The molecule has 1 aromatic heterocycles. The Morgan fingerprint density at radius 3 is 2.67 bits per heavy atom. The smallest absolute Gasteiger partial charge is 0.395 e. The van der Waals surface area contributed by atoms with E-state index in [9.17, 15) is 24.7 Å². The zero-order valence-electron chi connectivity index (χ0n) is 23.5. The molecule has 0 spiro atoms. The molecular weight excluding hydrogens is 589 g/mol. The van der Waals surface area contributed by atoms with Gasteiger partial charge >= 0.3 is 7.75 Å². The molecular formula is C25H38N7O8PS. The molecule has 0 saturated carbocycles. The topological polar surface area (TPSA) is 251 Å². The zero-order valence-corrected chi connectivity index (χ0v) is 25.2. The number of rotatable bonds is 14. The maximum Gasteiger partial charge on any atom is 0.405 e. The molecule has 2 heterocycles. The fourth-order valence-electron chi connectivity index (χ4n) is 3.85. The summed E-state index contributed by atoms with van der Waals surface area (Å²) in [7, 11) is -4.01. The Morgan fingerprint density at radius 2 is 2.02 bits per heavy atom. The SMILES string of the molecule is CC(C)(CO)C(=O)SCCOP(=O)(NCc1ccccc1)OC[C@H]1O[C@@H](c2cnc(C(N)=NC(=N)N)[nH]2)[C@](C)(O)[C@@H]1O. The van der Waals surface area contributed by atoms with E-state index in [4.69, 9.17) is 30.7 Å². The molecule has 10 N–H and O–H groups in total. The van der Waals surface area contributed by atoms with Crippen molar-refractivity contribution in [2.24, 2.45) is 21.9 Å². The first-order valence-corrected chi connectivity index (χ1v) is 15.5. The molecule has 1 saturated heterocycles. The van der Waals surface area contributed by atoms with E-state index in [0.29, 0.717) is 0 Å². The van der Waals surface area contributed by atoms with Gasteiger partial charge in [-0.3, -0.25) is 19.3 Å². The first-order chi connectivity index (χ1) is 19.7. The number of aromatic amines is 1. The normalized spacial score (nSPS) is 24.4. The predicted molar refractivity (Wildman–Crippen MR) is 157 cm³/mol. The number of aliphatic hydroxyl groups is 3. The Bertz CT molecular complexity index is 1310. The predicted octanol–water partition coefficient (Wildman–Crippen LogP) is 0.770. The van der Waals surface area contributed by atoms with E-state index in [2.05, 4.69) is 20.0 Å². The summed E-state index contributed by atoms with van der Waals surface area (Å²) < 4.78 is 30.8. The molecule has 5 atom stereocenters. The Morgan fingerprint density at radius 1 is 1.33 bits per heavy atom. The number of hydrogen-bond donors (Lipinski definition) is 8. The second kappa shape index (κ2) is 14.2. The third-order valence-corrected chi connectivity index (χ3v) is 9.15. The Labute approximate surface area is 247 Å². The fourth-order valence-corrected chi connectivity index (χ4v) is 6.09. The number of imidazole rings is 1. The van der Waals surface area contributed by atoms with Crippen LogP contribution in [0.2, 0.25) is 0 Å². The summed E-state index contributed by atoms with van der Waals surface area (Å²) >= 11 is 0.940. The molecule has 232 valence electrons. The number of aromatic nitrogens is 2. The largest absolute Gasteiger partial charge is 0.405 e. The van der Waals surface area contributed by atoms with Crippen LogP contribution in [0.5, 0.6) is 0 Å². The highest BCUT2D eigenvalue weighted by atomic mass is 32.2. The molecule has 42 heavy (non-hydrogen) atoms. The average Bonchev–Trinajstić information content (AvgIpc) is 3.52. The molecule has 15 nitrogen and oxygen atoms in total. The van der Waals surface area contributed by atoms with Crippen molar-refractivity contribution in [3.63, 3.8) is 0 Å². The summed E-state index contributed by atoms with van der Waals surface area (Å²) in [4.78, 5) is 22.8. The first kappa shape index (κ1) is 33.8. The van der Waals surface area contributed by atoms with Gasteiger partial charge in [-0.05, 0) is 26.3 Å². The number of nitrogens with two attached hydrogens (primary N) is 2. The highest BCUT2D eigenvalue weighted by Gasteiger charge is 2.54. The van der Waals surface area contributed by atoms with Crippen LogP contribution >= 0.6 is 19.5 Å². The number of thioether (sulfide) groups is 1. The van der Waals surface area contributed by atoms with Gasteiger partial charge in [-0.25, -0.2) is 14.6 Å². The molecule has 1 aromatic carbocycles. The van der Waals surface area contributed by atoms with E-state index in [1.807, 2.05) is 30.3 Å². The Kier molecular flexibility index (Phi) is 11.4. The summed E-state index contributed by atoms with van der Waals surface area (Å²) in [5.41, 5.74) is 9.32. The summed E-state index contributed by atoms with van der Waals surface area (Å²) in [6.45, 7) is 3.88.